The molecule has 40 heavy (non-hydrogen) atoms. The topological polar surface area (TPSA) is 132 Å². The van der Waals surface area contributed by atoms with E-state index >= 15 is 0 Å². The number of aryl methyl sites for hydroxylation is 1. The molecule has 5 rings (SSSR count). The van der Waals surface area contributed by atoms with Crippen LogP contribution in [-0.4, -0.2) is 71.6 Å². The minimum Gasteiger partial charge on any atom is -0.475 e. The summed E-state index contributed by atoms with van der Waals surface area (Å²) in [6.07, 6.45) is -0.437. The quantitative estimate of drug-likeness (QED) is 0.509. The van der Waals surface area contributed by atoms with Gasteiger partial charge in [0, 0.05) is 31.8 Å². The number of hydrogen-bond donors (Lipinski definition) is 2. The Morgan fingerprint density at radius 1 is 1.10 bits per heavy atom. The minimum absolute atomic E-state index is 0.0784. The summed E-state index contributed by atoms with van der Waals surface area (Å²) in [6, 6.07) is 14.3. The van der Waals surface area contributed by atoms with E-state index in [9.17, 15) is 9.59 Å². The standard InChI is InChI=1S/C29H34N6O5/c1-17(2)39-27-12-25(32-29(30)33-27)35-13-22-24(14-35)38-16-19-6-5-7-21(10-19)40-23-11-20(9-8-18(23)3)28(37)34(4)15-26(36)31-22/h5-12,17,22,24H,13-16H2,1-4H3,(H,31,36)(H2,30,32,33)/t22-,24-/m0/s1. The highest BCUT2D eigenvalue weighted by Crippen LogP contribution is 2.29. The molecule has 2 amide bonds. The molecule has 3 aromatic rings. The Morgan fingerprint density at radius 2 is 1.93 bits per heavy atom. The predicted octanol–water partition coefficient (Wildman–Crippen LogP) is 2.92. The van der Waals surface area contributed by atoms with Crippen LogP contribution in [-0.2, 0) is 16.1 Å². The van der Waals surface area contributed by atoms with Gasteiger partial charge in [-0.25, -0.2) is 0 Å². The van der Waals surface area contributed by atoms with Crippen LogP contribution in [0, 0.1) is 6.92 Å². The van der Waals surface area contributed by atoms with Crippen molar-refractivity contribution in [1.82, 2.24) is 20.2 Å². The van der Waals surface area contributed by atoms with Crippen LogP contribution in [0.25, 0.3) is 0 Å². The lowest BCUT2D eigenvalue weighted by molar-refractivity contribution is -0.123. The molecular weight excluding hydrogens is 512 g/mol. The highest BCUT2D eigenvalue weighted by atomic mass is 16.5. The van der Waals surface area contributed by atoms with Crippen molar-refractivity contribution in [3.05, 3.63) is 65.2 Å². The van der Waals surface area contributed by atoms with Crippen LogP contribution >= 0.6 is 0 Å². The number of amides is 2. The first-order chi connectivity index (χ1) is 19.1. The molecule has 4 bridgehead atoms. The average molecular weight is 547 g/mol. The SMILES string of the molecule is Cc1ccc2cc1Oc1cccc(c1)CO[C@H]1CN(c3cc(OC(C)C)nc(N)n3)C[C@@H]1NC(=O)CN(C)C2=O. The van der Waals surface area contributed by atoms with Crippen LogP contribution < -0.4 is 25.4 Å². The second kappa shape index (κ2) is 11.4. The van der Waals surface area contributed by atoms with Gasteiger partial charge in [-0.3, -0.25) is 9.59 Å². The number of fused-ring (bicyclic) bond motifs is 5. The van der Waals surface area contributed by atoms with Crippen LogP contribution in [0.1, 0.15) is 35.3 Å². The molecule has 2 aromatic carbocycles. The molecule has 0 saturated carbocycles. The Kier molecular flexibility index (Phi) is 7.74. The van der Waals surface area contributed by atoms with Gasteiger partial charge < -0.3 is 35.1 Å². The lowest BCUT2D eigenvalue weighted by Gasteiger charge is -2.23. The van der Waals surface area contributed by atoms with Crippen molar-refractivity contribution < 1.29 is 23.8 Å². The number of carbonyl (C=O) groups is 2. The van der Waals surface area contributed by atoms with E-state index in [4.69, 9.17) is 19.9 Å². The second-order valence-electron chi connectivity index (χ2n) is 10.4. The Bertz CT molecular complexity index is 1410. The Labute approximate surface area is 233 Å². The first kappa shape index (κ1) is 27.2. The van der Waals surface area contributed by atoms with Gasteiger partial charge in [0.05, 0.1) is 31.4 Å². The highest BCUT2D eigenvalue weighted by Gasteiger charge is 2.36. The fraction of sp³-hybridized carbons (Fsp3) is 0.379. The van der Waals surface area contributed by atoms with Crippen molar-refractivity contribution in [3.63, 3.8) is 0 Å². The Hall–Kier alpha value is -4.38. The van der Waals surface area contributed by atoms with Crippen LogP contribution in [0.3, 0.4) is 0 Å². The third-order valence-corrected chi connectivity index (χ3v) is 6.75. The second-order valence-corrected chi connectivity index (χ2v) is 10.4. The summed E-state index contributed by atoms with van der Waals surface area (Å²) >= 11 is 0. The van der Waals surface area contributed by atoms with Gasteiger partial charge in [0.15, 0.2) is 0 Å². The van der Waals surface area contributed by atoms with Crippen molar-refractivity contribution in [2.45, 2.75) is 45.6 Å². The molecule has 0 radical (unpaired) electrons. The molecule has 1 fully saturated rings. The van der Waals surface area contributed by atoms with Crippen molar-refractivity contribution in [2.24, 2.45) is 0 Å². The lowest BCUT2D eigenvalue weighted by atomic mass is 10.1. The van der Waals surface area contributed by atoms with Crippen molar-refractivity contribution in [1.29, 1.82) is 0 Å². The van der Waals surface area contributed by atoms with Gasteiger partial charge in [0.2, 0.25) is 17.7 Å². The number of nitrogens with zero attached hydrogens (tertiary/aromatic N) is 4. The number of nitrogen functional groups attached to an aromatic ring is 1. The summed E-state index contributed by atoms with van der Waals surface area (Å²) in [7, 11) is 1.60. The number of nitrogens with one attached hydrogen (secondary N) is 1. The molecule has 0 aliphatic carbocycles. The summed E-state index contributed by atoms with van der Waals surface area (Å²) in [6.45, 7) is 6.81. The van der Waals surface area contributed by atoms with Crippen LogP contribution in [0.2, 0.25) is 0 Å². The summed E-state index contributed by atoms with van der Waals surface area (Å²) in [4.78, 5) is 38.2. The maximum atomic E-state index is 13.2. The van der Waals surface area contributed by atoms with E-state index in [-0.39, 0.29) is 42.6 Å². The number of likely N-dealkylation sites (N-methyl/N-ethyl adjacent to an activating group) is 1. The first-order valence-corrected chi connectivity index (χ1v) is 13.2. The maximum Gasteiger partial charge on any atom is 0.254 e. The molecule has 2 aliphatic rings. The normalized spacial score (nSPS) is 19.7. The third-order valence-electron chi connectivity index (χ3n) is 6.75. The maximum absolute atomic E-state index is 13.2. The van der Waals surface area contributed by atoms with E-state index in [1.807, 2.05) is 56.0 Å². The average Bonchev–Trinajstić information content (AvgIpc) is 3.29. The number of rotatable bonds is 3. The molecule has 2 atom stereocenters. The monoisotopic (exact) mass is 546 g/mol. The van der Waals surface area contributed by atoms with Crippen molar-refractivity contribution >= 4 is 23.6 Å². The van der Waals surface area contributed by atoms with Gasteiger partial charge in [0.25, 0.3) is 5.91 Å². The Morgan fingerprint density at radius 3 is 2.73 bits per heavy atom. The van der Waals surface area contributed by atoms with E-state index in [0.717, 1.165) is 11.1 Å². The number of ether oxygens (including phenoxy) is 3. The molecule has 1 saturated heterocycles. The van der Waals surface area contributed by atoms with Gasteiger partial charge in [-0.15, -0.1) is 0 Å². The number of anilines is 2. The van der Waals surface area contributed by atoms with Crippen LogP contribution in [0.4, 0.5) is 11.8 Å². The molecule has 3 N–H and O–H groups in total. The third kappa shape index (κ3) is 6.26. The molecule has 1 aromatic heterocycles. The molecule has 11 heteroatoms. The minimum atomic E-state index is -0.361. The van der Waals surface area contributed by atoms with Gasteiger partial charge >= 0.3 is 0 Å². The predicted molar refractivity (Wildman–Crippen MR) is 150 cm³/mol. The zero-order valence-electron chi connectivity index (χ0n) is 23.1. The fourth-order valence-electron chi connectivity index (χ4n) is 4.79. The summed E-state index contributed by atoms with van der Waals surface area (Å²) in [5, 5.41) is 3.07. The van der Waals surface area contributed by atoms with E-state index < -0.39 is 0 Å². The Balaban J connectivity index is 1.43. The first-order valence-electron chi connectivity index (χ1n) is 13.2. The van der Waals surface area contributed by atoms with E-state index in [0.29, 0.717) is 48.5 Å². The molecule has 2 aliphatic heterocycles. The number of aromatic nitrogens is 2. The van der Waals surface area contributed by atoms with Crippen molar-refractivity contribution in [2.75, 3.05) is 37.3 Å². The van der Waals surface area contributed by atoms with E-state index in [2.05, 4.69) is 15.3 Å². The van der Waals surface area contributed by atoms with E-state index in [1.54, 1.807) is 25.2 Å². The van der Waals surface area contributed by atoms with E-state index in [1.165, 1.54) is 4.90 Å². The number of nitrogens with two attached hydrogens (primary N) is 1. The molecule has 3 heterocycles. The molecule has 210 valence electrons. The van der Waals surface area contributed by atoms with Gasteiger partial charge in [-0.2, -0.15) is 9.97 Å². The number of hydrogen-bond acceptors (Lipinski definition) is 9. The van der Waals surface area contributed by atoms with Crippen LogP contribution in [0.15, 0.2) is 48.5 Å². The van der Waals surface area contributed by atoms with Gasteiger partial charge in [-0.05, 0) is 56.2 Å². The smallest absolute Gasteiger partial charge is 0.254 e. The van der Waals surface area contributed by atoms with Crippen LogP contribution in [0.5, 0.6) is 17.4 Å². The molecule has 0 unspecified atom stereocenters. The summed E-state index contributed by atoms with van der Waals surface area (Å²) in [5.41, 5.74) is 8.21. The molecular formula is C29H34N6O5. The summed E-state index contributed by atoms with van der Waals surface area (Å²) < 4.78 is 18.2. The summed E-state index contributed by atoms with van der Waals surface area (Å²) in [5.74, 6) is 1.70. The highest BCUT2D eigenvalue weighted by molar-refractivity contribution is 5.96. The zero-order chi connectivity index (χ0) is 28.4. The largest absolute Gasteiger partial charge is 0.475 e. The van der Waals surface area contributed by atoms with Gasteiger partial charge in [0.1, 0.15) is 17.3 Å². The lowest BCUT2D eigenvalue weighted by Crippen LogP contribution is -2.48. The molecule has 11 nitrogen and oxygen atoms in total. The fourth-order valence-corrected chi connectivity index (χ4v) is 4.79. The zero-order valence-corrected chi connectivity index (χ0v) is 23.1. The van der Waals surface area contributed by atoms with Crippen molar-refractivity contribution in [3.8, 4) is 17.4 Å². The number of carbonyl (C=O) groups excluding carboxylic acids is 2. The molecule has 0 spiro atoms. The number of benzene rings is 2. The van der Waals surface area contributed by atoms with Gasteiger partial charge in [-0.1, -0.05) is 18.2 Å².